The summed E-state index contributed by atoms with van der Waals surface area (Å²) >= 11 is 6.23. The fraction of sp³-hybridized carbons (Fsp3) is 0.632. The minimum absolute atomic E-state index is 0.168. The van der Waals surface area contributed by atoms with Crippen molar-refractivity contribution in [3.63, 3.8) is 0 Å². The van der Waals surface area contributed by atoms with Crippen molar-refractivity contribution in [2.24, 2.45) is 5.92 Å². The number of amides is 1. The molecule has 0 aromatic heterocycles. The summed E-state index contributed by atoms with van der Waals surface area (Å²) in [5, 5.41) is 3.34. The normalized spacial score (nSPS) is 13.6. The van der Waals surface area contributed by atoms with Crippen LogP contribution in [0.15, 0.2) is 18.2 Å². The number of carbonyl (C=O) groups excluding carboxylic acids is 1. The van der Waals surface area contributed by atoms with E-state index in [0.29, 0.717) is 48.6 Å². The molecular formula is C19H30ClNO4. The van der Waals surface area contributed by atoms with E-state index in [1.165, 1.54) is 0 Å². The first-order valence-electron chi connectivity index (χ1n) is 8.69. The van der Waals surface area contributed by atoms with E-state index in [0.717, 1.165) is 6.42 Å². The summed E-state index contributed by atoms with van der Waals surface area (Å²) in [7, 11) is 1.61. The van der Waals surface area contributed by atoms with Crippen LogP contribution in [0.5, 0.6) is 5.75 Å². The molecule has 1 aromatic carbocycles. The molecule has 1 amide bonds. The molecule has 25 heavy (non-hydrogen) atoms. The fourth-order valence-corrected chi connectivity index (χ4v) is 2.75. The summed E-state index contributed by atoms with van der Waals surface area (Å²) in [6.45, 7) is 9.45. The third-order valence-electron chi connectivity index (χ3n) is 3.64. The van der Waals surface area contributed by atoms with Crippen LogP contribution in [0, 0.1) is 5.92 Å². The van der Waals surface area contributed by atoms with Gasteiger partial charge in [-0.3, -0.25) is 4.79 Å². The molecule has 1 rings (SSSR count). The van der Waals surface area contributed by atoms with Gasteiger partial charge in [-0.1, -0.05) is 32.4 Å². The third kappa shape index (κ3) is 7.22. The van der Waals surface area contributed by atoms with Crippen LogP contribution >= 0.6 is 11.6 Å². The van der Waals surface area contributed by atoms with Crippen molar-refractivity contribution < 1.29 is 19.0 Å². The van der Waals surface area contributed by atoms with Gasteiger partial charge in [0, 0.05) is 19.4 Å². The second kappa shape index (κ2) is 10.6. The molecule has 6 heteroatoms. The molecule has 0 saturated heterocycles. The summed E-state index contributed by atoms with van der Waals surface area (Å²) in [6.07, 6.45) is 1.51. The van der Waals surface area contributed by atoms with Crippen molar-refractivity contribution in [3.05, 3.63) is 23.2 Å². The Kier molecular flexibility index (Phi) is 9.25. The van der Waals surface area contributed by atoms with Crippen LogP contribution in [0.1, 0.15) is 40.5 Å². The minimum atomic E-state index is -0.871. The Morgan fingerprint density at radius 2 is 2.00 bits per heavy atom. The van der Waals surface area contributed by atoms with Crippen LogP contribution in [0.4, 0.5) is 5.69 Å². The van der Waals surface area contributed by atoms with E-state index in [-0.39, 0.29) is 5.91 Å². The second-order valence-electron chi connectivity index (χ2n) is 6.62. The van der Waals surface area contributed by atoms with Crippen molar-refractivity contribution in [2.45, 2.75) is 46.1 Å². The molecule has 0 unspecified atom stereocenters. The number of hydrogen-bond donors (Lipinski definition) is 1. The Morgan fingerprint density at radius 3 is 2.56 bits per heavy atom. The summed E-state index contributed by atoms with van der Waals surface area (Å²) < 4.78 is 16.3. The number of halogens is 1. The number of anilines is 1. The zero-order valence-corrected chi connectivity index (χ0v) is 16.6. The topological polar surface area (TPSA) is 56.8 Å². The van der Waals surface area contributed by atoms with E-state index in [2.05, 4.69) is 19.2 Å². The molecule has 0 heterocycles. The predicted molar refractivity (Wildman–Crippen MR) is 102 cm³/mol. The maximum atomic E-state index is 12.8. The summed E-state index contributed by atoms with van der Waals surface area (Å²) in [5.74, 6) is 0.732. The highest BCUT2D eigenvalue weighted by Gasteiger charge is 2.35. The molecular weight excluding hydrogens is 342 g/mol. The molecule has 0 radical (unpaired) electrons. The van der Waals surface area contributed by atoms with E-state index < -0.39 is 5.60 Å². The lowest BCUT2D eigenvalue weighted by atomic mass is 9.93. The van der Waals surface area contributed by atoms with Gasteiger partial charge in [-0.25, -0.2) is 0 Å². The van der Waals surface area contributed by atoms with Crippen LogP contribution in [-0.2, 0) is 14.3 Å². The highest BCUT2D eigenvalue weighted by molar-refractivity contribution is 6.32. The van der Waals surface area contributed by atoms with Gasteiger partial charge in [-0.05, 0) is 43.9 Å². The van der Waals surface area contributed by atoms with E-state index >= 15 is 0 Å². The van der Waals surface area contributed by atoms with Gasteiger partial charge >= 0.3 is 0 Å². The van der Waals surface area contributed by atoms with Gasteiger partial charge in [0.1, 0.15) is 18.0 Å². The van der Waals surface area contributed by atoms with E-state index in [4.69, 9.17) is 25.8 Å². The molecule has 0 aliphatic heterocycles. The SMILES string of the molecule is CCCO[C@](C)(CC(C)C)C(=O)Nc1ccc(OCCOC)c(Cl)c1. The van der Waals surface area contributed by atoms with Gasteiger partial charge < -0.3 is 19.5 Å². The molecule has 5 nitrogen and oxygen atoms in total. The Morgan fingerprint density at radius 1 is 1.28 bits per heavy atom. The van der Waals surface area contributed by atoms with E-state index in [1.54, 1.807) is 25.3 Å². The van der Waals surface area contributed by atoms with Gasteiger partial charge in [0.2, 0.25) is 0 Å². The molecule has 142 valence electrons. The lowest BCUT2D eigenvalue weighted by Crippen LogP contribution is -2.44. The first-order chi connectivity index (χ1) is 11.8. The zero-order chi connectivity index (χ0) is 18.9. The number of hydrogen-bond acceptors (Lipinski definition) is 4. The van der Waals surface area contributed by atoms with Crippen LogP contribution in [0.3, 0.4) is 0 Å². The smallest absolute Gasteiger partial charge is 0.256 e. The lowest BCUT2D eigenvalue weighted by molar-refractivity contribution is -0.141. The molecule has 1 N–H and O–H groups in total. The molecule has 0 aliphatic rings. The third-order valence-corrected chi connectivity index (χ3v) is 3.93. The van der Waals surface area contributed by atoms with Crippen molar-refractivity contribution in [2.75, 3.05) is 32.2 Å². The molecule has 0 spiro atoms. The lowest BCUT2D eigenvalue weighted by Gasteiger charge is -2.30. The average Bonchev–Trinajstić information content (AvgIpc) is 2.54. The first kappa shape index (κ1) is 21.7. The Hall–Kier alpha value is -1.30. The second-order valence-corrected chi connectivity index (χ2v) is 7.03. The van der Waals surface area contributed by atoms with Crippen molar-refractivity contribution >= 4 is 23.2 Å². The van der Waals surface area contributed by atoms with Gasteiger partial charge in [0.15, 0.2) is 0 Å². The molecule has 0 bridgehead atoms. The zero-order valence-electron chi connectivity index (χ0n) is 15.9. The summed E-state index contributed by atoms with van der Waals surface area (Å²) in [6, 6.07) is 5.18. The Bertz CT molecular complexity index is 550. The van der Waals surface area contributed by atoms with E-state index in [9.17, 15) is 4.79 Å². The number of ether oxygens (including phenoxy) is 3. The standard InChI is InChI=1S/C19H30ClNO4/c1-6-9-25-19(4,13-14(2)3)18(22)21-15-7-8-17(16(20)12-15)24-11-10-23-5/h7-8,12,14H,6,9-11,13H2,1-5H3,(H,21,22)/t19-/m1/s1. The molecule has 0 fully saturated rings. The minimum Gasteiger partial charge on any atom is -0.490 e. The maximum Gasteiger partial charge on any atom is 0.256 e. The molecule has 1 aromatic rings. The summed E-state index contributed by atoms with van der Waals surface area (Å²) in [4.78, 5) is 12.8. The largest absolute Gasteiger partial charge is 0.490 e. The molecule has 0 saturated carbocycles. The van der Waals surface area contributed by atoms with Gasteiger partial charge in [-0.15, -0.1) is 0 Å². The van der Waals surface area contributed by atoms with Crippen LogP contribution in [0.25, 0.3) is 0 Å². The average molecular weight is 372 g/mol. The molecule has 0 aliphatic carbocycles. The van der Waals surface area contributed by atoms with Gasteiger partial charge in [0.05, 0.1) is 11.6 Å². The highest BCUT2D eigenvalue weighted by Crippen LogP contribution is 2.29. The number of methoxy groups -OCH3 is 1. The van der Waals surface area contributed by atoms with Crippen molar-refractivity contribution in [1.29, 1.82) is 0 Å². The van der Waals surface area contributed by atoms with Gasteiger partial charge in [0.25, 0.3) is 5.91 Å². The van der Waals surface area contributed by atoms with Crippen LogP contribution in [-0.4, -0.2) is 38.4 Å². The van der Waals surface area contributed by atoms with Crippen LogP contribution in [0.2, 0.25) is 5.02 Å². The monoisotopic (exact) mass is 371 g/mol. The molecule has 1 atom stereocenters. The summed E-state index contributed by atoms with van der Waals surface area (Å²) in [5.41, 5.74) is -0.256. The van der Waals surface area contributed by atoms with Crippen molar-refractivity contribution in [1.82, 2.24) is 0 Å². The number of carbonyl (C=O) groups is 1. The Labute approximate surface area is 156 Å². The highest BCUT2D eigenvalue weighted by atomic mass is 35.5. The Balaban J connectivity index is 2.80. The van der Waals surface area contributed by atoms with E-state index in [1.807, 2.05) is 13.8 Å². The van der Waals surface area contributed by atoms with Gasteiger partial charge in [-0.2, -0.15) is 0 Å². The quantitative estimate of drug-likeness (QED) is 0.580. The maximum absolute atomic E-state index is 12.8. The first-order valence-corrected chi connectivity index (χ1v) is 9.07. The number of nitrogens with one attached hydrogen (secondary N) is 1. The fourth-order valence-electron chi connectivity index (χ4n) is 2.52. The number of rotatable bonds is 11. The predicted octanol–water partition coefficient (Wildman–Crippen LogP) is 4.54. The van der Waals surface area contributed by atoms with Crippen LogP contribution < -0.4 is 10.1 Å². The van der Waals surface area contributed by atoms with Crippen molar-refractivity contribution in [3.8, 4) is 5.75 Å². The number of benzene rings is 1.